The van der Waals surface area contributed by atoms with Gasteiger partial charge in [-0.05, 0) is 79.1 Å². The largest absolute Gasteiger partial charge is 0.0595 e. The highest BCUT2D eigenvalue weighted by Gasteiger charge is 2.06. The average Bonchev–Trinajstić information content (AvgIpc) is 2.45. The smallest absolute Gasteiger partial charge is 0.0398 e. The van der Waals surface area contributed by atoms with Crippen LogP contribution in [0.15, 0.2) is 44.6 Å². The minimum Gasteiger partial charge on any atom is -0.0595 e. The van der Waals surface area contributed by atoms with Crippen molar-refractivity contribution in [3.63, 3.8) is 0 Å². The summed E-state index contributed by atoms with van der Waals surface area (Å²) in [5, 5.41) is 0. The molecular formula is C24H24. The van der Waals surface area contributed by atoms with E-state index >= 15 is 0 Å². The van der Waals surface area contributed by atoms with Crippen LogP contribution in [0.5, 0.6) is 0 Å². The fourth-order valence-corrected chi connectivity index (χ4v) is 2.12. The maximum absolute atomic E-state index is 3.18. The third kappa shape index (κ3) is 5.13. The minimum atomic E-state index is 0.945. The Morgan fingerprint density at radius 2 is 0.542 bits per heavy atom. The second kappa shape index (κ2) is 8.73. The Labute approximate surface area is 147 Å². The Bertz CT molecular complexity index is 746. The van der Waals surface area contributed by atoms with Gasteiger partial charge in [-0.2, -0.15) is 0 Å². The van der Waals surface area contributed by atoms with Gasteiger partial charge in [0.1, 0.15) is 0 Å². The van der Waals surface area contributed by atoms with Crippen LogP contribution in [-0.4, -0.2) is 0 Å². The molecule has 0 amide bonds. The molecule has 0 radical (unpaired) electrons. The zero-order valence-electron chi connectivity index (χ0n) is 16.0. The van der Waals surface area contributed by atoms with Crippen LogP contribution >= 0.6 is 0 Å². The highest BCUT2D eigenvalue weighted by Crippen LogP contribution is 2.19. The van der Waals surface area contributed by atoms with Crippen molar-refractivity contribution in [2.75, 3.05) is 0 Å². The molecule has 0 fully saturated rings. The molecule has 1 aliphatic rings. The normalized spacial score (nSPS) is 12.7. The van der Waals surface area contributed by atoms with Gasteiger partial charge in [-0.25, -0.2) is 0 Å². The van der Waals surface area contributed by atoms with Crippen LogP contribution in [0.25, 0.3) is 0 Å². The molecule has 120 valence electrons. The lowest BCUT2D eigenvalue weighted by atomic mass is 9.97. The summed E-state index contributed by atoms with van der Waals surface area (Å²) in [7, 11) is 0. The highest BCUT2D eigenvalue weighted by molar-refractivity contribution is 5.64. The van der Waals surface area contributed by atoms with Crippen LogP contribution < -0.4 is 0 Å². The Morgan fingerprint density at radius 1 is 0.375 bits per heavy atom. The molecule has 1 rings (SSSR count). The lowest BCUT2D eigenvalue weighted by Crippen LogP contribution is -1.93. The van der Waals surface area contributed by atoms with E-state index in [-0.39, 0.29) is 0 Å². The SMILES string of the molecule is CC(C)=C1C#CC#CC(=C(C)C)C(=C(C)C)C#CC#CC1=C(C)C. The van der Waals surface area contributed by atoms with E-state index in [1.54, 1.807) is 0 Å². The molecule has 24 heavy (non-hydrogen) atoms. The fraction of sp³-hybridized carbons (Fsp3) is 0.333. The van der Waals surface area contributed by atoms with Crippen molar-refractivity contribution in [2.45, 2.75) is 55.4 Å². The van der Waals surface area contributed by atoms with Crippen molar-refractivity contribution in [3.8, 4) is 47.4 Å². The number of rotatable bonds is 0. The fourth-order valence-electron chi connectivity index (χ4n) is 2.12. The second-order valence-electron chi connectivity index (χ2n) is 6.50. The molecule has 0 atom stereocenters. The van der Waals surface area contributed by atoms with Crippen LogP contribution in [0.1, 0.15) is 55.4 Å². The molecule has 0 bridgehead atoms. The van der Waals surface area contributed by atoms with Crippen LogP contribution in [0.3, 0.4) is 0 Å². The Balaban J connectivity index is 3.78. The molecule has 0 spiro atoms. The van der Waals surface area contributed by atoms with E-state index in [4.69, 9.17) is 0 Å². The molecule has 0 N–H and O–H groups in total. The minimum absolute atomic E-state index is 0.945. The Morgan fingerprint density at radius 3 is 0.667 bits per heavy atom. The zero-order chi connectivity index (χ0) is 18.3. The molecular weight excluding hydrogens is 288 g/mol. The van der Waals surface area contributed by atoms with Crippen molar-refractivity contribution in [3.05, 3.63) is 44.6 Å². The van der Waals surface area contributed by atoms with E-state index in [0.717, 1.165) is 44.6 Å². The molecule has 0 unspecified atom stereocenters. The molecule has 0 aromatic rings. The quantitative estimate of drug-likeness (QED) is 0.528. The van der Waals surface area contributed by atoms with Crippen LogP contribution in [0.2, 0.25) is 0 Å². The maximum Gasteiger partial charge on any atom is 0.0398 e. The van der Waals surface area contributed by atoms with E-state index in [2.05, 4.69) is 47.4 Å². The molecule has 0 nitrogen and oxygen atoms in total. The lowest BCUT2D eigenvalue weighted by Gasteiger charge is -2.05. The average molecular weight is 312 g/mol. The molecule has 0 heterocycles. The van der Waals surface area contributed by atoms with Gasteiger partial charge in [-0.1, -0.05) is 46.0 Å². The summed E-state index contributed by atoms with van der Waals surface area (Å²) in [6, 6.07) is 0. The van der Waals surface area contributed by atoms with E-state index < -0.39 is 0 Å². The van der Waals surface area contributed by atoms with Gasteiger partial charge in [0.15, 0.2) is 0 Å². The van der Waals surface area contributed by atoms with E-state index in [1.165, 1.54) is 0 Å². The molecule has 0 saturated carbocycles. The first-order valence-electron chi connectivity index (χ1n) is 8.00. The van der Waals surface area contributed by atoms with Crippen LogP contribution in [0, 0.1) is 47.4 Å². The van der Waals surface area contributed by atoms with E-state index in [1.807, 2.05) is 55.4 Å². The zero-order valence-corrected chi connectivity index (χ0v) is 16.0. The summed E-state index contributed by atoms with van der Waals surface area (Å²) in [4.78, 5) is 0. The molecule has 0 saturated heterocycles. The summed E-state index contributed by atoms with van der Waals surface area (Å²) < 4.78 is 0. The first-order valence-corrected chi connectivity index (χ1v) is 8.00. The van der Waals surface area contributed by atoms with Gasteiger partial charge in [-0.3, -0.25) is 0 Å². The molecule has 0 heteroatoms. The first-order chi connectivity index (χ1) is 11.3. The lowest BCUT2D eigenvalue weighted by molar-refractivity contribution is 1.28. The first kappa shape index (κ1) is 19.2. The summed E-state index contributed by atoms with van der Waals surface area (Å²) in [5.74, 6) is 24.7. The van der Waals surface area contributed by atoms with Gasteiger partial charge in [0.2, 0.25) is 0 Å². The van der Waals surface area contributed by atoms with Gasteiger partial charge in [0.05, 0.1) is 0 Å². The summed E-state index contributed by atoms with van der Waals surface area (Å²) >= 11 is 0. The number of hydrogen-bond donors (Lipinski definition) is 0. The topological polar surface area (TPSA) is 0 Å². The van der Waals surface area contributed by atoms with Crippen LogP contribution in [-0.2, 0) is 0 Å². The third-order valence-electron chi connectivity index (χ3n) is 3.38. The predicted molar refractivity (Wildman–Crippen MR) is 105 cm³/mol. The van der Waals surface area contributed by atoms with Crippen molar-refractivity contribution in [2.24, 2.45) is 0 Å². The van der Waals surface area contributed by atoms with Crippen molar-refractivity contribution in [1.29, 1.82) is 0 Å². The van der Waals surface area contributed by atoms with Gasteiger partial charge in [-0.15, -0.1) is 0 Å². The van der Waals surface area contributed by atoms with Crippen molar-refractivity contribution in [1.82, 2.24) is 0 Å². The number of allylic oxidation sites excluding steroid dienone is 8. The Hall–Kier alpha value is -2.80. The Kier molecular flexibility index (Phi) is 7.00. The summed E-state index contributed by atoms with van der Waals surface area (Å²) in [5.41, 5.74) is 8.31. The summed E-state index contributed by atoms with van der Waals surface area (Å²) in [6.07, 6.45) is 0. The van der Waals surface area contributed by atoms with E-state index in [0.29, 0.717) is 0 Å². The number of hydrogen-bond acceptors (Lipinski definition) is 0. The van der Waals surface area contributed by atoms with Gasteiger partial charge >= 0.3 is 0 Å². The van der Waals surface area contributed by atoms with Crippen LogP contribution in [0.4, 0.5) is 0 Å². The predicted octanol–water partition coefficient (Wildman–Crippen LogP) is 5.36. The van der Waals surface area contributed by atoms with Gasteiger partial charge < -0.3 is 0 Å². The van der Waals surface area contributed by atoms with Gasteiger partial charge in [0.25, 0.3) is 0 Å². The summed E-state index contributed by atoms with van der Waals surface area (Å²) in [6.45, 7) is 16.4. The monoisotopic (exact) mass is 312 g/mol. The highest BCUT2D eigenvalue weighted by atomic mass is 14.1. The van der Waals surface area contributed by atoms with Gasteiger partial charge in [0, 0.05) is 22.3 Å². The molecule has 0 aromatic carbocycles. The van der Waals surface area contributed by atoms with Crippen molar-refractivity contribution < 1.29 is 0 Å². The second-order valence-corrected chi connectivity index (χ2v) is 6.50. The molecule has 0 aliphatic heterocycles. The van der Waals surface area contributed by atoms with Crippen molar-refractivity contribution >= 4 is 0 Å². The molecule has 1 aliphatic carbocycles. The molecule has 0 aromatic heterocycles. The standard InChI is InChI=1S/C24H24/c1-17(2)21-13-9-10-15-23(19(5)6)24(20(7)8)16-12-11-14-22(21)18(3)4/h1-8H3. The van der Waals surface area contributed by atoms with E-state index in [9.17, 15) is 0 Å². The maximum atomic E-state index is 3.18. The third-order valence-corrected chi connectivity index (χ3v) is 3.38.